The highest BCUT2D eigenvalue weighted by molar-refractivity contribution is 5.95. The lowest BCUT2D eigenvalue weighted by atomic mass is 10.1. The van der Waals surface area contributed by atoms with E-state index < -0.39 is 17.7 Å². The SMILES string of the molecule is C=CC/C(C(=O)O)=C(\C=C/C)n1nc(C(Nc2ccc(C(=N)N)cc2)c2cc(OC)c(OC)cn2)[nH]c1=O. The van der Waals surface area contributed by atoms with Crippen LogP contribution in [0.15, 0.2) is 71.7 Å². The maximum Gasteiger partial charge on any atom is 0.348 e. The number of benzene rings is 1. The summed E-state index contributed by atoms with van der Waals surface area (Å²) in [4.78, 5) is 32.2. The van der Waals surface area contributed by atoms with E-state index in [9.17, 15) is 14.7 Å². The van der Waals surface area contributed by atoms with E-state index in [-0.39, 0.29) is 29.4 Å². The van der Waals surface area contributed by atoms with Gasteiger partial charge in [-0.25, -0.2) is 9.59 Å². The molecule has 198 valence electrons. The number of rotatable bonds is 12. The number of carboxylic acid groups (broad SMARTS) is 1. The Morgan fingerprint density at radius 2 is 1.97 bits per heavy atom. The number of nitrogens with two attached hydrogens (primary N) is 1. The van der Waals surface area contributed by atoms with Crippen LogP contribution in [0.4, 0.5) is 5.69 Å². The Bertz CT molecular complexity index is 1450. The number of nitrogens with zero attached hydrogens (tertiary/aromatic N) is 3. The van der Waals surface area contributed by atoms with Gasteiger partial charge in [-0.1, -0.05) is 12.2 Å². The number of nitrogens with one attached hydrogen (secondary N) is 3. The highest BCUT2D eigenvalue weighted by Gasteiger charge is 2.25. The van der Waals surface area contributed by atoms with Crippen molar-refractivity contribution in [2.24, 2.45) is 5.73 Å². The predicted octanol–water partition coefficient (Wildman–Crippen LogP) is 2.92. The van der Waals surface area contributed by atoms with Gasteiger partial charge in [-0.3, -0.25) is 15.4 Å². The second-order valence-electron chi connectivity index (χ2n) is 7.92. The number of anilines is 1. The van der Waals surface area contributed by atoms with E-state index in [0.717, 1.165) is 4.68 Å². The normalized spacial score (nSPS) is 12.5. The van der Waals surface area contributed by atoms with Crippen LogP contribution in [0.5, 0.6) is 11.5 Å². The van der Waals surface area contributed by atoms with Crippen LogP contribution in [0.2, 0.25) is 0 Å². The van der Waals surface area contributed by atoms with Gasteiger partial charge < -0.3 is 25.6 Å². The van der Waals surface area contributed by atoms with Crippen molar-refractivity contribution in [3.63, 3.8) is 0 Å². The highest BCUT2D eigenvalue weighted by Crippen LogP contribution is 2.31. The Morgan fingerprint density at radius 3 is 2.53 bits per heavy atom. The van der Waals surface area contributed by atoms with Gasteiger partial charge in [0.1, 0.15) is 11.9 Å². The third-order valence-corrected chi connectivity index (χ3v) is 5.47. The van der Waals surface area contributed by atoms with Crippen LogP contribution in [-0.4, -0.2) is 50.9 Å². The van der Waals surface area contributed by atoms with Crippen molar-refractivity contribution >= 4 is 23.2 Å². The number of aliphatic carboxylic acids is 1. The Hall–Kier alpha value is -5.13. The van der Waals surface area contributed by atoms with E-state index in [1.807, 2.05) is 0 Å². The number of H-pyrrole nitrogens is 1. The van der Waals surface area contributed by atoms with E-state index in [2.05, 4.69) is 27.0 Å². The van der Waals surface area contributed by atoms with Gasteiger partial charge in [-0.15, -0.1) is 11.7 Å². The molecule has 1 aromatic carbocycles. The highest BCUT2D eigenvalue weighted by atomic mass is 16.5. The zero-order valence-electron chi connectivity index (χ0n) is 21.2. The molecular weight excluding hydrogens is 490 g/mol. The maximum atomic E-state index is 13.0. The molecule has 0 bridgehead atoms. The fourth-order valence-corrected chi connectivity index (χ4v) is 3.64. The summed E-state index contributed by atoms with van der Waals surface area (Å²) in [6.07, 6.45) is 6.05. The van der Waals surface area contributed by atoms with Crippen LogP contribution in [0.25, 0.3) is 5.70 Å². The summed E-state index contributed by atoms with van der Waals surface area (Å²) in [6, 6.07) is 7.63. The number of allylic oxidation sites excluding steroid dienone is 4. The van der Waals surface area contributed by atoms with Crippen LogP contribution < -0.4 is 26.2 Å². The first-order chi connectivity index (χ1) is 18.2. The molecule has 2 heterocycles. The second-order valence-corrected chi connectivity index (χ2v) is 7.92. The zero-order chi connectivity index (χ0) is 27.8. The molecule has 38 heavy (non-hydrogen) atoms. The molecule has 12 nitrogen and oxygen atoms in total. The molecule has 0 saturated carbocycles. The molecular formula is C26H29N7O5. The first kappa shape index (κ1) is 27.5. The number of carboxylic acids is 1. The largest absolute Gasteiger partial charge is 0.493 e. The Kier molecular flexibility index (Phi) is 8.82. The number of carbonyl (C=O) groups is 1. The van der Waals surface area contributed by atoms with Gasteiger partial charge in [0.25, 0.3) is 0 Å². The molecule has 0 fully saturated rings. The molecule has 0 saturated heterocycles. The van der Waals surface area contributed by atoms with E-state index in [1.165, 1.54) is 32.6 Å². The quantitative estimate of drug-likeness (QED) is 0.0790. The lowest BCUT2D eigenvalue weighted by molar-refractivity contribution is -0.132. The summed E-state index contributed by atoms with van der Waals surface area (Å²) in [5.41, 5.74) is 6.56. The minimum Gasteiger partial charge on any atom is -0.493 e. The number of hydrogen-bond donors (Lipinski definition) is 5. The standard InChI is InChI=1S/C26H29N7O5/c1-5-7-17(25(34)35)19(8-6-2)33-26(36)31-24(32-33)22(18-13-20(37-3)21(38-4)14-29-18)30-16-11-9-15(10-12-16)23(27)28/h5-6,8-14,22,30H,1,7H2,2-4H3,(H3,27,28)(H,34,35)(H,31,32,36)/b8-6-,19-17-. The van der Waals surface area contributed by atoms with Crippen LogP contribution in [-0.2, 0) is 4.79 Å². The van der Waals surface area contributed by atoms with Gasteiger partial charge in [0.15, 0.2) is 17.3 Å². The first-order valence-corrected chi connectivity index (χ1v) is 11.4. The average Bonchev–Trinajstić information content (AvgIpc) is 3.29. The predicted molar refractivity (Wildman–Crippen MR) is 144 cm³/mol. The van der Waals surface area contributed by atoms with Crippen LogP contribution in [0.3, 0.4) is 0 Å². The summed E-state index contributed by atoms with van der Waals surface area (Å²) in [5.74, 6) is -0.290. The van der Waals surface area contributed by atoms with Crippen molar-refractivity contribution in [3.05, 3.63) is 94.5 Å². The number of methoxy groups -OCH3 is 2. The van der Waals surface area contributed by atoms with Gasteiger partial charge in [0.05, 0.1) is 37.4 Å². The van der Waals surface area contributed by atoms with Gasteiger partial charge in [-0.05, 0) is 43.7 Å². The number of ether oxygens (including phenoxy) is 2. The maximum absolute atomic E-state index is 13.0. The summed E-state index contributed by atoms with van der Waals surface area (Å²) < 4.78 is 11.7. The van der Waals surface area contributed by atoms with Crippen LogP contribution in [0.1, 0.15) is 36.5 Å². The molecule has 1 atom stereocenters. The molecule has 2 aromatic heterocycles. The monoisotopic (exact) mass is 519 g/mol. The third kappa shape index (κ3) is 5.98. The summed E-state index contributed by atoms with van der Waals surface area (Å²) in [7, 11) is 2.98. The van der Waals surface area contributed by atoms with Crippen molar-refractivity contribution in [1.29, 1.82) is 5.41 Å². The number of aromatic nitrogens is 4. The average molecular weight is 520 g/mol. The van der Waals surface area contributed by atoms with Crippen molar-refractivity contribution in [3.8, 4) is 11.5 Å². The molecule has 3 rings (SSSR count). The van der Waals surface area contributed by atoms with Gasteiger partial charge in [0.2, 0.25) is 0 Å². The van der Waals surface area contributed by atoms with Crippen molar-refractivity contribution in [2.45, 2.75) is 19.4 Å². The minimum absolute atomic E-state index is 0.0189. The van der Waals surface area contributed by atoms with Crippen LogP contribution >= 0.6 is 0 Å². The van der Waals surface area contributed by atoms with Crippen LogP contribution in [0, 0.1) is 5.41 Å². The lowest BCUT2D eigenvalue weighted by Gasteiger charge is -2.19. The smallest absolute Gasteiger partial charge is 0.348 e. The fraction of sp³-hybridized carbons (Fsp3) is 0.192. The number of hydrogen-bond acceptors (Lipinski definition) is 8. The molecule has 6 N–H and O–H groups in total. The molecule has 0 spiro atoms. The third-order valence-electron chi connectivity index (χ3n) is 5.47. The summed E-state index contributed by atoms with van der Waals surface area (Å²) >= 11 is 0. The Balaban J connectivity index is 2.19. The van der Waals surface area contributed by atoms with Gasteiger partial charge >= 0.3 is 11.7 Å². The topological polar surface area (TPSA) is 181 Å². The van der Waals surface area contributed by atoms with Crippen molar-refractivity contribution < 1.29 is 19.4 Å². The molecule has 1 unspecified atom stereocenters. The molecule has 3 aromatic rings. The molecule has 0 radical (unpaired) electrons. The molecule has 0 aliphatic heterocycles. The lowest BCUT2D eigenvalue weighted by Crippen LogP contribution is -2.19. The molecule has 0 aliphatic carbocycles. The van der Waals surface area contributed by atoms with E-state index >= 15 is 0 Å². The summed E-state index contributed by atoms with van der Waals surface area (Å²) in [5, 5.41) is 25.1. The number of nitrogen functional groups attached to an aromatic ring is 1. The number of aromatic amines is 1. The van der Waals surface area contributed by atoms with E-state index in [0.29, 0.717) is 28.4 Å². The first-order valence-electron chi connectivity index (χ1n) is 11.4. The molecule has 0 amide bonds. The van der Waals surface area contributed by atoms with Crippen molar-refractivity contribution in [2.75, 3.05) is 19.5 Å². The van der Waals surface area contributed by atoms with E-state index in [1.54, 1.807) is 43.3 Å². The van der Waals surface area contributed by atoms with Crippen molar-refractivity contribution in [1.82, 2.24) is 19.7 Å². The van der Waals surface area contributed by atoms with E-state index in [4.69, 9.17) is 20.6 Å². The summed E-state index contributed by atoms with van der Waals surface area (Å²) in [6.45, 7) is 5.31. The number of amidine groups is 1. The Labute approximate surface area is 218 Å². The van der Waals surface area contributed by atoms with Gasteiger partial charge in [-0.2, -0.15) is 4.68 Å². The molecule has 12 heteroatoms. The zero-order valence-corrected chi connectivity index (χ0v) is 21.2. The number of pyridine rings is 1. The van der Waals surface area contributed by atoms with Gasteiger partial charge in [0, 0.05) is 17.3 Å². The second kappa shape index (κ2) is 12.2. The fourth-order valence-electron chi connectivity index (χ4n) is 3.64. The minimum atomic E-state index is -1.20. The Morgan fingerprint density at radius 1 is 1.29 bits per heavy atom. The molecule has 0 aliphatic rings.